The Balaban J connectivity index is 1.56. The minimum Gasteiger partial charge on any atom is -0.493 e. The van der Waals surface area contributed by atoms with E-state index in [2.05, 4.69) is 0 Å². The maximum Gasteiger partial charge on any atom is 0.343 e. The highest BCUT2D eigenvalue weighted by atomic mass is 19.1. The van der Waals surface area contributed by atoms with Gasteiger partial charge in [-0.05, 0) is 65.7 Å². The molecule has 156 valence electrons. The highest BCUT2D eigenvalue weighted by Gasteiger charge is 2.27. The van der Waals surface area contributed by atoms with E-state index in [0.717, 1.165) is 11.1 Å². The summed E-state index contributed by atoms with van der Waals surface area (Å²) in [4.78, 5) is 25.1. The number of halogens is 1. The van der Waals surface area contributed by atoms with Gasteiger partial charge < -0.3 is 14.2 Å². The number of Topliss-reactive ketones (excluding diaryl/α,β-unsaturated/α-hetero) is 1. The molecule has 0 saturated heterocycles. The molecule has 3 aromatic carbocycles. The predicted molar refractivity (Wildman–Crippen MR) is 113 cm³/mol. The zero-order valence-corrected chi connectivity index (χ0v) is 17.0. The molecule has 0 N–H and O–H groups in total. The maximum absolute atomic E-state index is 13.0. The van der Waals surface area contributed by atoms with E-state index >= 15 is 0 Å². The number of allylic oxidation sites excluding steroid dienone is 1. The van der Waals surface area contributed by atoms with Crippen molar-refractivity contribution in [2.75, 3.05) is 14.2 Å². The van der Waals surface area contributed by atoms with E-state index in [1.165, 1.54) is 31.4 Å². The average Bonchev–Trinajstić information content (AvgIpc) is 3.07. The number of carbonyl (C=O) groups is 2. The van der Waals surface area contributed by atoms with Crippen LogP contribution < -0.4 is 14.2 Å². The molecule has 0 aliphatic heterocycles. The van der Waals surface area contributed by atoms with E-state index in [1.807, 2.05) is 12.1 Å². The van der Waals surface area contributed by atoms with Crippen LogP contribution >= 0.6 is 0 Å². The Labute approximate surface area is 178 Å². The van der Waals surface area contributed by atoms with Crippen LogP contribution in [0.15, 0.2) is 66.2 Å². The molecule has 5 nitrogen and oxygen atoms in total. The molecule has 0 bridgehead atoms. The fourth-order valence-electron chi connectivity index (χ4n) is 3.47. The number of rotatable bonds is 5. The van der Waals surface area contributed by atoms with Gasteiger partial charge in [-0.25, -0.2) is 9.18 Å². The Hall–Kier alpha value is -3.93. The van der Waals surface area contributed by atoms with Crippen molar-refractivity contribution in [3.05, 3.63) is 94.3 Å². The van der Waals surface area contributed by atoms with Crippen LogP contribution in [0.2, 0.25) is 0 Å². The predicted octanol–water partition coefficient (Wildman–Crippen LogP) is 4.88. The lowest BCUT2D eigenvalue weighted by Crippen LogP contribution is -2.08. The third-order valence-electron chi connectivity index (χ3n) is 5.02. The van der Waals surface area contributed by atoms with Crippen molar-refractivity contribution in [2.45, 2.75) is 6.42 Å². The van der Waals surface area contributed by atoms with Crippen molar-refractivity contribution in [3.8, 4) is 17.2 Å². The minimum absolute atomic E-state index is 0.0790. The number of esters is 1. The standard InChI is InChI=1S/C25H19FO5/c1-29-22-13-17-12-18(24(27)21(17)14-23(22)30-2)10-15-4-3-5-20(11-15)31-25(28)16-6-8-19(26)9-7-16/h3-11,13-14H,12H2,1-2H3/b18-10+. The van der Waals surface area contributed by atoms with E-state index in [4.69, 9.17) is 14.2 Å². The molecule has 6 heteroatoms. The van der Waals surface area contributed by atoms with Gasteiger partial charge in [-0.3, -0.25) is 4.79 Å². The van der Waals surface area contributed by atoms with Crippen molar-refractivity contribution in [3.63, 3.8) is 0 Å². The molecule has 0 amide bonds. The molecular weight excluding hydrogens is 399 g/mol. The number of ether oxygens (including phenoxy) is 3. The molecule has 0 atom stereocenters. The molecule has 4 rings (SSSR count). The van der Waals surface area contributed by atoms with Gasteiger partial charge in [0.25, 0.3) is 0 Å². The summed E-state index contributed by atoms with van der Waals surface area (Å²) in [5.41, 5.74) is 3.04. The number of hydrogen-bond acceptors (Lipinski definition) is 5. The monoisotopic (exact) mass is 418 g/mol. The summed E-state index contributed by atoms with van der Waals surface area (Å²) in [6, 6.07) is 15.5. The highest BCUT2D eigenvalue weighted by Crippen LogP contribution is 2.37. The molecule has 0 fully saturated rings. The van der Waals surface area contributed by atoms with Gasteiger partial charge in [-0.2, -0.15) is 0 Å². The van der Waals surface area contributed by atoms with Crippen LogP contribution in [0.5, 0.6) is 17.2 Å². The van der Waals surface area contributed by atoms with Gasteiger partial charge in [0.05, 0.1) is 19.8 Å². The van der Waals surface area contributed by atoms with Gasteiger partial charge in [0.15, 0.2) is 17.3 Å². The van der Waals surface area contributed by atoms with Crippen LogP contribution in [0.4, 0.5) is 4.39 Å². The molecule has 3 aromatic rings. The number of ketones is 1. The van der Waals surface area contributed by atoms with Gasteiger partial charge in [0, 0.05) is 17.6 Å². The number of fused-ring (bicyclic) bond motifs is 1. The van der Waals surface area contributed by atoms with Gasteiger partial charge in [0.1, 0.15) is 11.6 Å². The van der Waals surface area contributed by atoms with Crippen molar-refractivity contribution in [2.24, 2.45) is 0 Å². The Bertz CT molecular complexity index is 1200. The number of hydrogen-bond donors (Lipinski definition) is 0. The first-order valence-corrected chi connectivity index (χ1v) is 9.56. The third-order valence-corrected chi connectivity index (χ3v) is 5.02. The molecule has 0 saturated carbocycles. The lowest BCUT2D eigenvalue weighted by atomic mass is 10.1. The van der Waals surface area contributed by atoms with Crippen LogP contribution in [0.1, 0.15) is 31.8 Å². The summed E-state index contributed by atoms with van der Waals surface area (Å²) in [6.45, 7) is 0. The molecule has 0 aromatic heterocycles. The maximum atomic E-state index is 13.0. The largest absolute Gasteiger partial charge is 0.493 e. The van der Waals surface area contributed by atoms with Crippen molar-refractivity contribution in [1.82, 2.24) is 0 Å². The molecule has 0 unspecified atom stereocenters. The topological polar surface area (TPSA) is 61.8 Å². The average molecular weight is 418 g/mol. The third kappa shape index (κ3) is 4.19. The second kappa shape index (κ2) is 8.44. The quantitative estimate of drug-likeness (QED) is 0.336. The van der Waals surface area contributed by atoms with Crippen LogP contribution in [0.3, 0.4) is 0 Å². The molecule has 0 spiro atoms. The first-order valence-electron chi connectivity index (χ1n) is 9.56. The zero-order valence-electron chi connectivity index (χ0n) is 17.0. The fourth-order valence-corrected chi connectivity index (χ4v) is 3.47. The molecular formula is C25H19FO5. The van der Waals surface area contributed by atoms with Crippen LogP contribution in [-0.4, -0.2) is 26.0 Å². The van der Waals surface area contributed by atoms with Crippen molar-refractivity contribution < 1.29 is 28.2 Å². The van der Waals surface area contributed by atoms with Gasteiger partial charge in [0.2, 0.25) is 0 Å². The summed E-state index contributed by atoms with van der Waals surface area (Å²) in [6.07, 6.45) is 2.24. The van der Waals surface area contributed by atoms with E-state index < -0.39 is 11.8 Å². The Morgan fingerprint density at radius 2 is 1.68 bits per heavy atom. The van der Waals surface area contributed by atoms with Crippen molar-refractivity contribution in [1.29, 1.82) is 0 Å². The normalized spacial score (nSPS) is 13.8. The smallest absolute Gasteiger partial charge is 0.343 e. The number of methoxy groups -OCH3 is 2. The minimum atomic E-state index is -0.589. The molecule has 0 heterocycles. The van der Waals surface area contributed by atoms with Crippen LogP contribution in [-0.2, 0) is 6.42 Å². The lowest BCUT2D eigenvalue weighted by Gasteiger charge is -2.08. The summed E-state index contributed by atoms with van der Waals surface area (Å²) in [7, 11) is 3.08. The lowest BCUT2D eigenvalue weighted by molar-refractivity contribution is 0.0734. The van der Waals surface area contributed by atoms with Crippen LogP contribution in [0, 0.1) is 5.82 Å². The summed E-state index contributed by atoms with van der Waals surface area (Å²) < 4.78 is 29.0. The zero-order chi connectivity index (χ0) is 22.0. The number of benzene rings is 3. The highest BCUT2D eigenvalue weighted by molar-refractivity contribution is 6.16. The Kier molecular flexibility index (Phi) is 5.54. The SMILES string of the molecule is COc1cc2c(cc1OC)C(=O)/C(=C/c1cccc(OC(=O)c3ccc(F)cc3)c1)C2. The van der Waals surface area contributed by atoms with E-state index in [0.29, 0.717) is 34.8 Å². The van der Waals surface area contributed by atoms with E-state index in [9.17, 15) is 14.0 Å². The first-order chi connectivity index (χ1) is 15.0. The van der Waals surface area contributed by atoms with Gasteiger partial charge >= 0.3 is 5.97 Å². The van der Waals surface area contributed by atoms with Gasteiger partial charge in [-0.15, -0.1) is 0 Å². The molecule has 1 aliphatic carbocycles. The van der Waals surface area contributed by atoms with Gasteiger partial charge in [-0.1, -0.05) is 12.1 Å². The molecule has 31 heavy (non-hydrogen) atoms. The Morgan fingerprint density at radius 1 is 0.968 bits per heavy atom. The van der Waals surface area contributed by atoms with Crippen molar-refractivity contribution >= 4 is 17.8 Å². The summed E-state index contributed by atoms with van der Waals surface area (Å²) in [5, 5.41) is 0. The van der Waals surface area contributed by atoms with E-state index in [1.54, 1.807) is 37.5 Å². The van der Waals surface area contributed by atoms with Crippen LogP contribution in [0.25, 0.3) is 6.08 Å². The summed E-state index contributed by atoms with van der Waals surface area (Å²) in [5.74, 6) is 0.311. The second-order valence-corrected chi connectivity index (χ2v) is 7.01. The Morgan fingerprint density at radius 3 is 2.39 bits per heavy atom. The number of carbonyl (C=O) groups excluding carboxylic acids is 2. The summed E-state index contributed by atoms with van der Waals surface area (Å²) >= 11 is 0. The molecule has 0 radical (unpaired) electrons. The molecule has 1 aliphatic rings. The second-order valence-electron chi connectivity index (χ2n) is 7.01. The first kappa shape index (κ1) is 20.3. The fraction of sp³-hybridized carbons (Fsp3) is 0.120. The van der Waals surface area contributed by atoms with E-state index in [-0.39, 0.29) is 11.3 Å².